The number of pyridine rings is 1. The number of benzene rings is 1. The van der Waals surface area contributed by atoms with Crippen LogP contribution in [0.4, 0.5) is 0 Å². The van der Waals surface area contributed by atoms with Crippen LogP contribution < -0.4 is 0 Å². The Kier molecular flexibility index (Phi) is 2.78. The van der Waals surface area contributed by atoms with Crippen LogP contribution in [0.3, 0.4) is 0 Å². The van der Waals surface area contributed by atoms with Crippen LogP contribution in [0.25, 0.3) is 11.1 Å². The summed E-state index contributed by atoms with van der Waals surface area (Å²) in [7, 11) is 0. The van der Waals surface area contributed by atoms with Crippen molar-refractivity contribution >= 4 is 0 Å². The van der Waals surface area contributed by atoms with Crippen LogP contribution in [-0.4, -0.2) is 4.98 Å². The lowest BCUT2D eigenvalue weighted by Gasteiger charge is -2.22. The topological polar surface area (TPSA) is 12.9 Å². The van der Waals surface area contributed by atoms with Crippen LogP contribution in [0, 0.1) is 0 Å². The second-order valence-electron chi connectivity index (χ2n) is 5.04. The molecule has 2 rings (SSSR count). The van der Waals surface area contributed by atoms with Gasteiger partial charge in [0.2, 0.25) is 0 Å². The van der Waals surface area contributed by atoms with Gasteiger partial charge in [-0.25, -0.2) is 0 Å². The summed E-state index contributed by atoms with van der Waals surface area (Å²) >= 11 is 0. The number of hydrogen-bond acceptors (Lipinski definition) is 1. The average molecular weight is 211 g/mol. The minimum absolute atomic E-state index is 0.124. The summed E-state index contributed by atoms with van der Waals surface area (Å²) in [5.41, 5.74) is 3.96. The SMILES string of the molecule is CC(C)(C)c1cnccc1-c1ccccc1. The Morgan fingerprint density at radius 2 is 1.62 bits per heavy atom. The molecule has 0 aliphatic rings. The molecule has 0 aliphatic carbocycles. The van der Waals surface area contributed by atoms with Gasteiger partial charge in [0.1, 0.15) is 0 Å². The van der Waals surface area contributed by atoms with Gasteiger partial charge in [-0.1, -0.05) is 51.1 Å². The molecule has 0 atom stereocenters. The normalized spacial score (nSPS) is 11.4. The quantitative estimate of drug-likeness (QED) is 0.693. The fourth-order valence-corrected chi connectivity index (χ4v) is 1.86. The van der Waals surface area contributed by atoms with Gasteiger partial charge >= 0.3 is 0 Å². The summed E-state index contributed by atoms with van der Waals surface area (Å²) in [4.78, 5) is 4.24. The average Bonchev–Trinajstić information content (AvgIpc) is 2.29. The van der Waals surface area contributed by atoms with Crippen LogP contribution >= 0.6 is 0 Å². The van der Waals surface area contributed by atoms with E-state index in [9.17, 15) is 0 Å². The first-order valence-corrected chi connectivity index (χ1v) is 5.59. The number of rotatable bonds is 1. The highest BCUT2D eigenvalue weighted by atomic mass is 14.6. The molecule has 0 saturated heterocycles. The Morgan fingerprint density at radius 1 is 0.938 bits per heavy atom. The van der Waals surface area contributed by atoms with Crippen LogP contribution in [-0.2, 0) is 5.41 Å². The van der Waals surface area contributed by atoms with E-state index in [1.54, 1.807) is 0 Å². The Bertz CT molecular complexity index is 466. The summed E-state index contributed by atoms with van der Waals surface area (Å²) in [6.45, 7) is 6.66. The Hall–Kier alpha value is -1.63. The molecule has 82 valence electrons. The molecule has 1 nitrogen and oxygen atoms in total. The van der Waals surface area contributed by atoms with E-state index in [4.69, 9.17) is 0 Å². The molecule has 0 aliphatic heterocycles. The predicted molar refractivity (Wildman–Crippen MR) is 68.4 cm³/mol. The molecule has 0 amide bonds. The number of nitrogens with zero attached hydrogens (tertiary/aromatic N) is 1. The van der Waals surface area contributed by atoms with Crippen molar-refractivity contribution in [1.29, 1.82) is 0 Å². The molecule has 1 heterocycles. The molecule has 1 heteroatoms. The van der Waals surface area contributed by atoms with Gasteiger partial charge < -0.3 is 0 Å². The van der Waals surface area contributed by atoms with E-state index in [0.29, 0.717) is 0 Å². The van der Waals surface area contributed by atoms with E-state index < -0.39 is 0 Å². The van der Waals surface area contributed by atoms with Gasteiger partial charge in [0, 0.05) is 12.4 Å². The van der Waals surface area contributed by atoms with Crippen molar-refractivity contribution in [2.45, 2.75) is 26.2 Å². The van der Waals surface area contributed by atoms with Gasteiger partial charge in [-0.2, -0.15) is 0 Å². The minimum Gasteiger partial charge on any atom is -0.264 e. The van der Waals surface area contributed by atoms with Crippen molar-refractivity contribution in [3.63, 3.8) is 0 Å². The molecule has 1 aromatic carbocycles. The molecular formula is C15H17N. The van der Waals surface area contributed by atoms with E-state index in [1.165, 1.54) is 16.7 Å². The minimum atomic E-state index is 0.124. The molecule has 1 aromatic heterocycles. The fraction of sp³-hybridized carbons (Fsp3) is 0.267. The second-order valence-corrected chi connectivity index (χ2v) is 5.04. The molecule has 2 aromatic rings. The maximum absolute atomic E-state index is 4.24. The molecular weight excluding hydrogens is 194 g/mol. The Balaban J connectivity index is 2.58. The van der Waals surface area contributed by atoms with Crippen LogP contribution in [0.1, 0.15) is 26.3 Å². The Labute approximate surface area is 97.2 Å². The second kappa shape index (κ2) is 4.09. The molecule has 0 fully saturated rings. The van der Waals surface area contributed by atoms with Gasteiger partial charge in [0.05, 0.1) is 0 Å². The standard InChI is InChI=1S/C15H17N/c1-15(2,3)14-11-16-10-9-13(14)12-7-5-4-6-8-12/h4-11H,1-3H3. The third-order valence-corrected chi connectivity index (χ3v) is 2.71. The van der Waals surface area contributed by atoms with Crippen LogP contribution in [0.2, 0.25) is 0 Å². The molecule has 0 N–H and O–H groups in total. The summed E-state index contributed by atoms with van der Waals surface area (Å²) < 4.78 is 0. The van der Waals surface area contributed by atoms with Crippen molar-refractivity contribution in [1.82, 2.24) is 4.98 Å². The maximum Gasteiger partial charge on any atom is 0.0311 e. The first-order valence-electron chi connectivity index (χ1n) is 5.59. The smallest absolute Gasteiger partial charge is 0.0311 e. The van der Waals surface area contributed by atoms with Gasteiger partial charge in [-0.3, -0.25) is 4.98 Å². The van der Waals surface area contributed by atoms with Gasteiger partial charge in [-0.15, -0.1) is 0 Å². The zero-order valence-corrected chi connectivity index (χ0v) is 10.1. The fourth-order valence-electron chi connectivity index (χ4n) is 1.86. The molecule has 0 saturated carbocycles. The zero-order valence-electron chi connectivity index (χ0n) is 10.1. The molecule has 0 spiro atoms. The third kappa shape index (κ3) is 2.13. The van der Waals surface area contributed by atoms with Gasteiger partial charge in [0.25, 0.3) is 0 Å². The highest BCUT2D eigenvalue weighted by Crippen LogP contribution is 2.31. The molecule has 16 heavy (non-hydrogen) atoms. The Morgan fingerprint density at radius 3 is 2.25 bits per heavy atom. The van der Waals surface area contributed by atoms with Gasteiger partial charge in [0.15, 0.2) is 0 Å². The molecule has 0 radical (unpaired) electrons. The summed E-state index contributed by atoms with van der Waals surface area (Å²) in [5.74, 6) is 0. The van der Waals surface area contributed by atoms with Crippen molar-refractivity contribution in [2.75, 3.05) is 0 Å². The number of aromatic nitrogens is 1. The number of hydrogen-bond donors (Lipinski definition) is 0. The first kappa shape index (κ1) is 10.9. The zero-order chi connectivity index (χ0) is 11.6. The summed E-state index contributed by atoms with van der Waals surface area (Å²) in [6.07, 6.45) is 3.83. The lowest BCUT2D eigenvalue weighted by atomic mass is 9.83. The van der Waals surface area contributed by atoms with E-state index in [1.807, 2.05) is 18.5 Å². The van der Waals surface area contributed by atoms with E-state index in [0.717, 1.165) is 0 Å². The summed E-state index contributed by atoms with van der Waals surface area (Å²) in [5, 5.41) is 0. The van der Waals surface area contributed by atoms with Crippen molar-refractivity contribution < 1.29 is 0 Å². The highest BCUT2D eigenvalue weighted by molar-refractivity contribution is 5.67. The van der Waals surface area contributed by atoms with E-state index in [-0.39, 0.29) is 5.41 Å². The highest BCUT2D eigenvalue weighted by Gasteiger charge is 2.18. The summed E-state index contributed by atoms with van der Waals surface area (Å²) in [6, 6.07) is 12.6. The van der Waals surface area contributed by atoms with Crippen LogP contribution in [0.15, 0.2) is 48.8 Å². The monoisotopic (exact) mass is 211 g/mol. The maximum atomic E-state index is 4.24. The van der Waals surface area contributed by atoms with E-state index in [2.05, 4.69) is 56.1 Å². The van der Waals surface area contributed by atoms with Crippen molar-refractivity contribution in [2.24, 2.45) is 0 Å². The van der Waals surface area contributed by atoms with Crippen LogP contribution in [0.5, 0.6) is 0 Å². The lowest BCUT2D eigenvalue weighted by molar-refractivity contribution is 0.589. The van der Waals surface area contributed by atoms with Crippen molar-refractivity contribution in [3.05, 3.63) is 54.4 Å². The lowest BCUT2D eigenvalue weighted by Crippen LogP contribution is -2.13. The molecule has 0 bridgehead atoms. The third-order valence-electron chi connectivity index (χ3n) is 2.71. The van der Waals surface area contributed by atoms with E-state index >= 15 is 0 Å². The van der Waals surface area contributed by atoms with Gasteiger partial charge in [-0.05, 0) is 28.2 Å². The molecule has 0 unspecified atom stereocenters. The largest absolute Gasteiger partial charge is 0.264 e. The van der Waals surface area contributed by atoms with Crippen molar-refractivity contribution in [3.8, 4) is 11.1 Å². The predicted octanol–water partition coefficient (Wildman–Crippen LogP) is 4.05. The first-order chi connectivity index (χ1) is 7.59.